The molecule has 0 saturated carbocycles. The van der Waals surface area contributed by atoms with Crippen LogP contribution in [-0.2, 0) is 9.53 Å². The van der Waals surface area contributed by atoms with Crippen molar-refractivity contribution in [2.24, 2.45) is 0 Å². The molecule has 1 aromatic heterocycles. The van der Waals surface area contributed by atoms with Crippen LogP contribution in [0, 0.1) is 11.3 Å². The number of methoxy groups -OCH3 is 1. The highest BCUT2D eigenvalue weighted by molar-refractivity contribution is 5.79. The number of para-hydroxylation sites is 1. The first-order chi connectivity index (χ1) is 14.1. The zero-order chi connectivity index (χ0) is 20.6. The number of rotatable bonds is 7. The van der Waals surface area contributed by atoms with Crippen molar-refractivity contribution in [3.05, 3.63) is 95.8 Å². The first-order valence-corrected chi connectivity index (χ1v) is 9.14. The molecule has 0 saturated heterocycles. The summed E-state index contributed by atoms with van der Waals surface area (Å²) in [5, 5.41) is 13.2. The van der Waals surface area contributed by atoms with Gasteiger partial charge < -0.3 is 10.1 Å². The number of carbonyl (C=O) groups is 1. The van der Waals surface area contributed by atoms with Gasteiger partial charge in [0, 0.05) is 17.3 Å². The van der Waals surface area contributed by atoms with E-state index >= 15 is 0 Å². The molecule has 0 spiro atoms. The molecule has 29 heavy (non-hydrogen) atoms. The van der Waals surface area contributed by atoms with Gasteiger partial charge in [0.25, 0.3) is 0 Å². The van der Waals surface area contributed by atoms with Crippen molar-refractivity contribution in [3.63, 3.8) is 0 Å². The number of carbonyl (C=O) groups excluding carboxylic acids is 1. The van der Waals surface area contributed by atoms with E-state index in [0.717, 1.165) is 22.0 Å². The number of nitrogens with zero attached hydrogens (tertiary/aromatic N) is 2. The van der Waals surface area contributed by atoms with Gasteiger partial charge in [-0.2, -0.15) is 5.26 Å². The Labute approximate surface area is 170 Å². The van der Waals surface area contributed by atoms with Crippen molar-refractivity contribution in [1.29, 1.82) is 5.26 Å². The Hall–Kier alpha value is -3.91. The van der Waals surface area contributed by atoms with Crippen molar-refractivity contribution < 1.29 is 9.53 Å². The third kappa shape index (κ3) is 5.30. The average molecular weight is 383 g/mol. The van der Waals surface area contributed by atoms with Crippen LogP contribution in [-0.4, -0.2) is 18.1 Å². The number of allylic oxidation sites excluding steroid dienone is 1. The predicted octanol–water partition coefficient (Wildman–Crippen LogP) is 4.53. The van der Waals surface area contributed by atoms with Crippen molar-refractivity contribution in [2.75, 3.05) is 7.11 Å². The number of hydrogen-bond acceptors (Lipinski definition) is 5. The summed E-state index contributed by atoms with van der Waals surface area (Å²) in [5.41, 5.74) is 3.98. The molecule has 3 rings (SSSR count). The summed E-state index contributed by atoms with van der Waals surface area (Å²) in [7, 11) is 1.37. The summed E-state index contributed by atoms with van der Waals surface area (Å²) in [5.74, 6) is -0.320. The number of esters is 1. The fourth-order valence-corrected chi connectivity index (χ4v) is 2.92. The molecule has 1 heterocycles. The Bertz CT molecular complexity index is 1100. The molecule has 0 aliphatic rings. The van der Waals surface area contributed by atoms with Crippen LogP contribution in [0.25, 0.3) is 17.0 Å². The smallest absolute Gasteiger partial charge is 0.307 e. The molecule has 3 aromatic rings. The van der Waals surface area contributed by atoms with Gasteiger partial charge in [-0.3, -0.25) is 9.78 Å². The normalized spacial score (nSPS) is 11.7. The fraction of sp³-hybridized carbons (Fsp3) is 0.125. The number of ether oxygens (including phenoxy) is 1. The summed E-state index contributed by atoms with van der Waals surface area (Å²) in [6, 6.07) is 18.9. The van der Waals surface area contributed by atoms with E-state index in [2.05, 4.69) is 22.9 Å². The molecule has 144 valence electrons. The van der Waals surface area contributed by atoms with Crippen LogP contribution in [0.5, 0.6) is 0 Å². The first kappa shape index (κ1) is 19.8. The number of pyridine rings is 1. The summed E-state index contributed by atoms with van der Waals surface area (Å²) < 4.78 is 4.85. The van der Waals surface area contributed by atoms with Crippen LogP contribution < -0.4 is 5.32 Å². The fourth-order valence-electron chi connectivity index (χ4n) is 2.92. The molecule has 1 unspecified atom stereocenters. The van der Waals surface area contributed by atoms with E-state index in [1.165, 1.54) is 7.11 Å². The molecule has 0 aliphatic carbocycles. The molecule has 0 aliphatic heterocycles. The molecule has 1 atom stereocenters. The Morgan fingerprint density at radius 2 is 2.03 bits per heavy atom. The topological polar surface area (TPSA) is 75.0 Å². The van der Waals surface area contributed by atoms with Gasteiger partial charge in [0.2, 0.25) is 0 Å². The molecular formula is C24H21N3O2. The van der Waals surface area contributed by atoms with E-state index in [1.54, 1.807) is 18.3 Å². The Balaban J connectivity index is 1.78. The lowest BCUT2D eigenvalue weighted by Crippen LogP contribution is -2.23. The first-order valence-electron chi connectivity index (χ1n) is 9.14. The highest BCUT2D eigenvalue weighted by Gasteiger charge is 2.17. The van der Waals surface area contributed by atoms with Gasteiger partial charge >= 0.3 is 5.97 Å². The molecule has 1 N–H and O–H groups in total. The molecular weight excluding hydrogens is 362 g/mol. The van der Waals surface area contributed by atoms with Gasteiger partial charge in [0.05, 0.1) is 36.7 Å². The predicted molar refractivity (Wildman–Crippen MR) is 114 cm³/mol. The lowest BCUT2D eigenvalue weighted by Gasteiger charge is -2.19. The summed E-state index contributed by atoms with van der Waals surface area (Å²) in [6.45, 7) is 4.04. The van der Waals surface area contributed by atoms with Crippen LogP contribution in [0.1, 0.15) is 29.2 Å². The van der Waals surface area contributed by atoms with Crippen molar-refractivity contribution in [3.8, 4) is 6.07 Å². The van der Waals surface area contributed by atoms with Gasteiger partial charge in [-0.15, -0.1) is 0 Å². The molecule has 5 heteroatoms. The molecule has 0 bridgehead atoms. The number of aromatic nitrogens is 1. The van der Waals surface area contributed by atoms with Gasteiger partial charge in [-0.05, 0) is 41.5 Å². The number of hydrogen-bond donors (Lipinski definition) is 1. The maximum absolute atomic E-state index is 11.9. The zero-order valence-corrected chi connectivity index (χ0v) is 16.1. The lowest BCUT2D eigenvalue weighted by atomic mass is 10.0. The summed E-state index contributed by atoms with van der Waals surface area (Å²) >= 11 is 0. The second-order valence-corrected chi connectivity index (χ2v) is 6.53. The molecule has 5 nitrogen and oxygen atoms in total. The van der Waals surface area contributed by atoms with Crippen LogP contribution in [0.2, 0.25) is 0 Å². The maximum atomic E-state index is 11.9. The second-order valence-electron chi connectivity index (χ2n) is 6.53. The van der Waals surface area contributed by atoms with Crippen LogP contribution in [0.3, 0.4) is 0 Å². The zero-order valence-electron chi connectivity index (χ0n) is 16.1. The summed E-state index contributed by atoms with van der Waals surface area (Å²) in [4.78, 5) is 16.4. The largest absolute Gasteiger partial charge is 0.469 e. The van der Waals surface area contributed by atoms with E-state index in [9.17, 15) is 4.79 Å². The van der Waals surface area contributed by atoms with Crippen molar-refractivity contribution >= 4 is 22.9 Å². The van der Waals surface area contributed by atoms with Crippen molar-refractivity contribution in [2.45, 2.75) is 12.5 Å². The Kier molecular flexibility index (Phi) is 6.39. The van der Waals surface area contributed by atoms with Gasteiger partial charge in [-0.25, -0.2) is 0 Å². The third-order valence-corrected chi connectivity index (χ3v) is 4.49. The quantitative estimate of drug-likeness (QED) is 0.479. The molecule has 2 aromatic carbocycles. The van der Waals surface area contributed by atoms with Gasteiger partial charge in [0.1, 0.15) is 0 Å². The minimum atomic E-state index is -0.322. The second kappa shape index (κ2) is 9.34. The minimum Gasteiger partial charge on any atom is -0.469 e. The van der Waals surface area contributed by atoms with Gasteiger partial charge in [0.15, 0.2) is 0 Å². The van der Waals surface area contributed by atoms with Crippen LogP contribution in [0.15, 0.2) is 79.1 Å². The highest BCUT2D eigenvalue weighted by Crippen LogP contribution is 2.22. The van der Waals surface area contributed by atoms with E-state index in [0.29, 0.717) is 11.3 Å². The van der Waals surface area contributed by atoms with E-state index in [-0.39, 0.29) is 18.4 Å². The number of nitriles is 1. The van der Waals surface area contributed by atoms with Gasteiger partial charge in [-0.1, -0.05) is 43.0 Å². The van der Waals surface area contributed by atoms with Crippen LogP contribution >= 0.6 is 0 Å². The lowest BCUT2D eigenvalue weighted by molar-refractivity contribution is -0.141. The van der Waals surface area contributed by atoms with E-state index in [4.69, 9.17) is 10.00 Å². The summed E-state index contributed by atoms with van der Waals surface area (Å²) in [6.07, 6.45) is 5.64. The van der Waals surface area contributed by atoms with Crippen LogP contribution in [0.4, 0.5) is 0 Å². The number of nitrogens with one attached hydrogen (secondary N) is 1. The Morgan fingerprint density at radius 1 is 1.28 bits per heavy atom. The average Bonchev–Trinajstić information content (AvgIpc) is 2.77. The van der Waals surface area contributed by atoms with Crippen molar-refractivity contribution in [1.82, 2.24) is 10.3 Å². The Morgan fingerprint density at radius 3 is 2.76 bits per heavy atom. The highest BCUT2D eigenvalue weighted by atomic mass is 16.5. The standard InChI is InChI=1S/C24H21N3O2/c1-17(7-8-18-9-11-19(15-25)12-10-18)27-23(14-24(28)29-2)21-13-20-5-3-4-6-22(20)26-16-21/h3-13,16,23,27H,1,14H2,2H3/b8-7+. The molecule has 0 fully saturated rings. The minimum absolute atomic E-state index is 0.153. The SMILES string of the molecule is C=C(/C=C/c1ccc(C#N)cc1)NC(CC(=O)OC)c1cnc2ccccc2c1. The van der Waals surface area contributed by atoms with E-state index in [1.807, 2.05) is 54.6 Å². The molecule has 0 radical (unpaired) electrons. The monoisotopic (exact) mass is 383 g/mol. The van der Waals surface area contributed by atoms with E-state index < -0.39 is 0 Å². The molecule has 0 amide bonds. The number of benzene rings is 2. The maximum Gasteiger partial charge on any atom is 0.307 e. The number of fused-ring (bicyclic) bond motifs is 1. The third-order valence-electron chi connectivity index (χ3n) is 4.49.